The van der Waals surface area contributed by atoms with E-state index in [0.717, 1.165) is 16.7 Å². The smallest absolute Gasteiger partial charge is 0.340 e. The van der Waals surface area contributed by atoms with Crippen LogP contribution in [0.5, 0.6) is 11.5 Å². The van der Waals surface area contributed by atoms with E-state index >= 15 is 0 Å². The highest BCUT2D eigenvalue weighted by Gasteiger charge is 2.37. The first kappa shape index (κ1) is 18.8. The third-order valence-electron chi connectivity index (χ3n) is 5.07. The second kappa shape index (κ2) is 7.47. The molecule has 4 rings (SSSR count). The monoisotopic (exact) mass is 391 g/mol. The minimum Gasteiger partial charge on any atom is -0.465 e. The lowest BCUT2D eigenvalue weighted by Crippen LogP contribution is -2.24. The summed E-state index contributed by atoms with van der Waals surface area (Å²) in [4.78, 5) is 27.3. The van der Waals surface area contributed by atoms with Gasteiger partial charge in [-0.15, -0.1) is 0 Å². The average molecular weight is 391 g/mol. The van der Waals surface area contributed by atoms with Gasteiger partial charge < -0.3 is 19.1 Å². The SMILES string of the molecule is COC(=O)C1=C(C)N(Cc2ccc(C)cc2)C(=O)/C1=C\c1ccc2c(c1)OCO2. The molecule has 0 saturated carbocycles. The van der Waals surface area contributed by atoms with Gasteiger partial charge in [0.1, 0.15) is 0 Å². The van der Waals surface area contributed by atoms with Crippen LogP contribution < -0.4 is 9.47 Å². The highest BCUT2D eigenvalue weighted by molar-refractivity contribution is 6.16. The summed E-state index contributed by atoms with van der Waals surface area (Å²) in [5.41, 5.74) is 4.03. The number of fused-ring (bicyclic) bond motifs is 1. The van der Waals surface area contributed by atoms with E-state index in [1.54, 1.807) is 30.0 Å². The number of hydrogen-bond donors (Lipinski definition) is 0. The summed E-state index contributed by atoms with van der Waals surface area (Å²) in [7, 11) is 1.31. The maximum absolute atomic E-state index is 13.2. The van der Waals surface area contributed by atoms with Crippen molar-refractivity contribution < 1.29 is 23.8 Å². The third kappa shape index (κ3) is 3.49. The van der Waals surface area contributed by atoms with E-state index in [2.05, 4.69) is 0 Å². The zero-order chi connectivity index (χ0) is 20.5. The van der Waals surface area contributed by atoms with Gasteiger partial charge >= 0.3 is 5.97 Å². The van der Waals surface area contributed by atoms with Crippen LogP contribution in [0.15, 0.2) is 59.3 Å². The van der Waals surface area contributed by atoms with Crippen molar-refractivity contribution in [2.75, 3.05) is 13.9 Å². The Balaban J connectivity index is 1.71. The van der Waals surface area contributed by atoms with Gasteiger partial charge in [0.2, 0.25) is 6.79 Å². The van der Waals surface area contributed by atoms with E-state index < -0.39 is 5.97 Å². The molecule has 0 spiro atoms. The molecule has 148 valence electrons. The number of allylic oxidation sites excluding steroid dienone is 1. The number of methoxy groups -OCH3 is 1. The summed E-state index contributed by atoms with van der Waals surface area (Å²) in [6.07, 6.45) is 1.69. The molecule has 6 heteroatoms. The Morgan fingerprint density at radius 2 is 1.83 bits per heavy atom. The lowest BCUT2D eigenvalue weighted by molar-refractivity contribution is -0.136. The maximum Gasteiger partial charge on any atom is 0.340 e. The maximum atomic E-state index is 13.2. The summed E-state index contributed by atoms with van der Waals surface area (Å²) in [5, 5.41) is 0. The standard InChI is InChI=1S/C23H21NO5/c1-14-4-6-16(7-5-14)12-24-15(2)21(23(26)27-3)18(22(24)25)10-17-8-9-19-20(11-17)29-13-28-19/h4-11H,12-13H2,1-3H3/b18-10-. The first-order valence-corrected chi connectivity index (χ1v) is 9.26. The van der Waals surface area contributed by atoms with Crippen LogP contribution in [-0.2, 0) is 20.9 Å². The van der Waals surface area contributed by atoms with Gasteiger partial charge in [-0.25, -0.2) is 4.79 Å². The van der Waals surface area contributed by atoms with Crippen LogP contribution in [-0.4, -0.2) is 30.7 Å². The molecule has 6 nitrogen and oxygen atoms in total. The molecule has 0 fully saturated rings. The number of amides is 1. The Morgan fingerprint density at radius 3 is 2.55 bits per heavy atom. The molecule has 0 unspecified atom stereocenters. The van der Waals surface area contributed by atoms with E-state index in [1.807, 2.05) is 37.3 Å². The zero-order valence-corrected chi connectivity index (χ0v) is 16.5. The van der Waals surface area contributed by atoms with Gasteiger partial charge in [0, 0.05) is 5.70 Å². The Bertz CT molecular complexity index is 1050. The molecular formula is C23H21NO5. The van der Waals surface area contributed by atoms with Crippen molar-refractivity contribution in [1.29, 1.82) is 0 Å². The van der Waals surface area contributed by atoms with Crippen LogP contribution >= 0.6 is 0 Å². The molecule has 2 aliphatic rings. The quantitative estimate of drug-likeness (QED) is 0.589. The Hall–Kier alpha value is -3.54. The van der Waals surface area contributed by atoms with Gasteiger partial charge in [-0.05, 0) is 43.2 Å². The lowest BCUT2D eigenvalue weighted by Gasteiger charge is -2.18. The van der Waals surface area contributed by atoms with Crippen molar-refractivity contribution in [3.63, 3.8) is 0 Å². The lowest BCUT2D eigenvalue weighted by atomic mass is 10.0. The molecule has 0 aliphatic carbocycles. The van der Waals surface area contributed by atoms with Crippen LogP contribution in [0, 0.1) is 6.92 Å². The molecule has 2 aliphatic heterocycles. The first-order chi connectivity index (χ1) is 14.0. The largest absolute Gasteiger partial charge is 0.465 e. The van der Waals surface area contributed by atoms with Gasteiger partial charge in [-0.3, -0.25) is 4.79 Å². The summed E-state index contributed by atoms with van der Waals surface area (Å²) >= 11 is 0. The number of carbonyl (C=O) groups excluding carboxylic acids is 2. The van der Waals surface area contributed by atoms with Crippen molar-refractivity contribution in [1.82, 2.24) is 4.90 Å². The Morgan fingerprint density at radius 1 is 1.10 bits per heavy atom. The fraction of sp³-hybridized carbons (Fsp3) is 0.217. The highest BCUT2D eigenvalue weighted by atomic mass is 16.7. The molecule has 0 bridgehead atoms. The van der Waals surface area contributed by atoms with Crippen LogP contribution in [0.25, 0.3) is 6.08 Å². The number of nitrogens with zero attached hydrogens (tertiary/aromatic N) is 1. The third-order valence-corrected chi connectivity index (χ3v) is 5.07. The number of esters is 1. The molecule has 0 saturated heterocycles. The minimum atomic E-state index is -0.533. The average Bonchev–Trinajstić information content (AvgIpc) is 3.27. The van der Waals surface area contributed by atoms with Gasteiger partial charge in [0.05, 0.1) is 24.8 Å². The zero-order valence-electron chi connectivity index (χ0n) is 16.5. The van der Waals surface area contributed by atoms with Crippen molar-refractivity contribution in [3.05, 3.63) is 76.0 Å². The summed E-state index contributed by atoms with van der Waals surface area (Å²) in [6.45, 7) is 4.32. The number of aryl methyl sites for hydroxylation is 1. The van der Waals surface area contributed by atoms with E-state index in [1.165, 1.54) is 7.11 Å². The molecule has 0 atom stereocenters. The molecule has 0 radical (unpaired) electrons. The second-order valence-electron chi connectivity index (χ2n) is 7.00. The second-order valence-corrected chi connectivity index (χ2v) is 7.00. The fourth-order valence-electron chi connectivity index (χ4n) is 3.46. The van der Waals surface area contributed by atoms with Gasteiger partial charge in [-0.2, -0.15) is 0 Å². The van der Waals surface area contributed by atoms with Crippen molar-refractivity contribution in [2.45, 2.75) is 20.4 Å². The van der Waals surface area contributed by atoms with Gasteiger partial charge in [0.15, 0.2) is 11.5 Å². The highest BCUT2D eigenvalue weighted by Crippen LogP contribution is 2.36. The molecule has 0 N–H and O–H groups in total. The summed E-state index contributed by atoms with van der Waals surface area (Å²) in [5.74, 6) is 0.503. The van der Waals surface area contributed by atoms with Crippen molar-refractivity contribution >= 4 is 18.0 Å². The predicted octanol–water partition coefficient (Wildman–Crippen LogP) is 3.60. The number of ether oxygens (including phenoxy) is 3. The molecule has 1 amide bonds. The summed E-state index contributed by atoms with van der Waals surface area (Å²) in [6, 6.07) is 13.3. The van der Waals surface area contributed by atoms with Crippen LogP contribution in [0.3, 0.4) is 0 Å². The number of rotatable bonds is 4. The fourth-order valence-corrected chi connectivity index (χ4v) is 3.46. The normalized spacial score (nSPS) is 16.7. The molecule has 2 heterocycles. The van der Waals surface area contributed by atoms with E-state index in [9.17, 15) is 9.59 Å². The van der Waals surface area contributed by atoms with Crippen LogP contribution in [0.2, 0.25) is 0 Å². The Labute approximate surface area is 169 Å². The van der Waals surface area contributed by atoms with Gasteiger partial charge in [-0.1, -0.05) is 35.9 Å². The van der Waals surface area contributed by atoms with Crippen LogP contribution in [0.4, 0.5) is 0 Å². The van der Waals surface area contributed by atoms with Crippen molar-refractivity contribution in [2.24, 2.45) is 0 Å². The molecule has 2 aromatic carbocycles. The Kier molecular flexibility index (Phi) is 4.84. The number of hydrogen-bond acceptors (Lipinski definition) is 5. The van der Waals surface area contributed by atoms with E-state index in [-0.39, 0.29) is 18.3 Å². The summed E-state index contributed by atoms with van der Waals surface area (Å²) < 4.78 is 15.7. The molecule has 2 aromatic rings. The molecular weight excluding hydrogens is 370 g/mol. The van der Waals surface area contributed by atoms with Crippen molar-refractivity contribution in [3.8, 4) is 11.5 Å². The van der Waals surface area contributed by atoms with E-state index in [4.69, 9.17) is 14.2 Å². The number of benzene rings is 2. The van der Waals surface area contributed by atoms with Crippen LogP contribution in [0.1, 0.15) is 23.6 Å². The van der Waals surface area contributed by atoms with E-state index in [0.29, 0.717) is 29.3 Å². The van der Waals surface area contributed by atoms with Gasteiger partial charge in [0.25, 0.3) is 5.91 Å². The molecule has 0 aromatic heterocycles. The topological polar surface area (TPSA) is 65.1 Å². The minimum absolute atomic E-state index is 0.172. The first-order valence-electron chi connectivity index (χ1n) is 9.26. The predicted molar refractivity (Wildman–Crippen MR) is 107 cm³/mol. The molecule has 29 heavy (non-hydrogen) atoms. The number of carbonyl (C=O) groups is 2.